The third-order valence-corrected chi connectivity index (χ3v) is 3.49. The third kappa shape index (κ3) is 4.49. The van der Waals surface area contributed by atoms with Gasteiger partial charge in [-0.15, -0.1) is 0 Å². The fraction of sp³-hybridized carbons (Fsp3) is 0.533. The van der Waals surface area contributed by atoms with E-state index in [0.29, 0.717) is 13.0 Å². The quantitative estimate of drug-likeness (QED) is 0.780. The number of rotatable bonds is 7. The highest BCUT2D eigenvalue weighted by molar-refractivity contribution is 5.70. The lowest BCUT2D eigenvalue weighted by molar-refractivity contribution is -0.143. The molecule has 3 N–H and O–H groups in total. The largest absolute Gasteiger partial charge is 0.481 e. The van der Waals surface area contributed by atoms with Gasteiger partial charge in [-0.05, 0) is 44.2 Å². The lowest BCUT2D eigenvalue weighted by Crippen LogP contribution is -2.25. The molecule has 18 heavy (non-hydrogen) atoms. The molecule has 0 radical (unpaired) electrons. The molecular weight excluding hydrogens is 226 g/mol. The summed E-state index contributed by atoms with van der Waals surface area (Å²) in [6, 6.07) is 8.41. The second kappa shape index (κ2) is 7.17. The van der Waals surface area contributed by atoms with Gasteiger partial charge in [0.15, 0.2) is 0 Å². The van der Waals surface area contributed by atoms with E-state index in [9.17, 15) is 4.79 Å². The average Bonchev–Trinajstić information content (AvgIpc) is 2.34. The molecule has 0 bridgehead atoms. The van der Waals surface area contributed by atoms with Gasteiger partial charge >= 0.3 is 5.97 Å². The molecule has 0 heterocycles. The fourth-order valence-electron chi connectivity index (χ4n) is 2.18. The monoisotopic (exact) mass is 249 g/mol. The Balaban J connectivity index is 2.50. The predicted molar refractivity (Wildman–Crippen MR) is 73.5 cm³/mol. The van der Waals surface area contributed by atoms with E-state index in [1.807, 2.05) is 6.92 Å². The first-order chi connectivity index (χ1) is 8.54. The Kier molecular flexibility index (Phi) is 5.86. The number of carboxylic acids is 1. The second-order valence-electron chi connectivity index (χ2n) is 5.02. The zero-order valence-electron chi connectivity index (χ0n) is 11.2. The van der Waals surface area contributed by atoms with Crippen molar-refractivity contribution in [1.29, 1.82) is 0 Å². The molecular formula is C15H23NO2. The molecule has 0 saturated heterocycles. The van der Waals surface area contributed by atoms with Gasteiger partial charge in [0.2, 0.25) is 0 Å². The molecule has 3 heteroatoms. The molecule has 2 unspecified atom stereocenters. The van der Waals surface area contributed by atoms with Gasteiger partial charge in [0.1, 0.15) is 0 Å². The van der Waals surface area contributed by atoms with E-state index in [2.05, 4.69) is 31.2 Å². The van der Waals surface area contributed by atoms with Gasteiger partial charge in [-0.2, -0.15) is 0 Å². The summed E-state index contributed by atoms with van der Waals surface area (Å²) in [5.74, 6) is -0.885. The Morgan fingerprint density at radius 3 is 2.39 bits per heavy atom. The van der Waals surface area contributed by atoms with Gasteiger partial charge in [-0.3, -0.25) is 4.79 Å². The fourth-order valence-corrected chi connectivity index (χ4v) is 2.18. The summed E-state index contributed by atoms with van der Waals surface area (Å²) in [5.41, 5.74) is 7.98. The number of hydrogen-bond acceptors (Lipinski definition) is 2. The molecule has 1 aromatic carbocycles. The van der Waals surface area contributed by atoms with Crippen molar-refractivity contribution in [1.82, 2.24) is 0 Å². The van der Waals surface area contributed by atoms with Gasteiger partial charge in [-0.1, -0.05) is 36.8 Å². The molecule has 0 aliphatic rings. The maximum absolute atomic E-state index is 11.1. The van der Waals surface area contributed by atoms with Gasteiger partial charge < -0.3 is 10.8 Å². The minimum absolute atomic E-state index is 0.160. The highest BCUT2D eigenvalue weighted by Gasteiger charge is 2.23. The van der Waals surface area contributed by atoms with Gasteiger partial charge in [0, 0.05) is 0 Å². The van der Waals surface area contributed by atoms with Crippen molar-refractivity contribution in [3.05, 3.63) is 35.4 Å². The van der Waals surface area contributed by atoms with E-state index in [1.54, 1.807) is 0 Å². The van der Waals surface area contributed by atoms with Gasteiger partial charge in [0.25, 0.3) is 0 Å². The average molecular weight is 249 g/mol. The normalized spacial score (nSPS) is 14.2. The van der Waals surface area contributed by atoms with Crippen LogP contribution in [-0.4, -0.2) is 17.6 Å². The van der Waals surface area contributed by atoms with E-state index < -0.39 is 5.97 Å². The van der Waals surface area contributed by atoms with Crippen molar-refractivity contribution >= 4 is 5.97 Å². The molecule has 0 aliphatic carbocycles. The van der Waals surface area contributed by atoms with Crippen LogP contribution in [0.2, 0.25) is 0 Å². The smallest absolute Gasteiger partial charge is 0.306 e. The van der Waals surface area contributed by atoms with E-state index in [1.165, 1.54) is 11.1 Å². The molecule has 1 rings (SSSR count). The number of hydrogen-bond donors (Lipinski definition) is 2. The molecule has 2 atom stereocenters. The minimum atomic E-state index is -0.725. The van der Waals surface area contributed by atoms with Crippen molar-refractivity contribution in [2.45, 2.75) is 33.1 Å². The van der Waals surface area contributed by atoms with Crippen LogP contribution < -0.4 is 5.73 Å². The Bertz CT molecular complexity index is 373. The minimum Gasteiger partial charge on any atom is -0.481 e. The lowest BCUT2D eigenvalue weighted by Gasteiger charge is -2.19. The lowest BCUT2D eigenvalue weighted by atomic mass is 9.86. The summed E-state index contributed by atoms with van der Waals surface area (Å²) < 4.78 is 0. The van der Waals surface area contributed by atoms with Crippen LogP contribution >= 0.6 is 0 Å². The van der Waals surface area contributed by atoms with Crippen LogP contribution in [0.15, 0.2) is 24.3 Å². The van der Waals surface area contributed by atoms with Gasteiger partial charge in [-0.25, -0.2) is 0 Å². The van der Waals surface area contributed by atoms with E-state index in [-0.39, 0.29) is 11.8 Å². The number of carboxylic acid groups (broad SMARTS) is 1. The molecule has 0 aromatic heterocycles. The van der Waals surface area contributed by atoms with Crippen molar-refractivity contribution in [2.24, 2.45) is 17.6 Å². The summed E-state index contributed by atoms with van der Waals surface area (Å²) in [7, 11) is 0. The topological polar surface area (TPSA) is 63.3 Å². The maximum Gasteiger partial charge on any atom is 0.306 e. The molecule has 0 spiro atoms. The molecule has 0 amide bonds. The number of nitrogens with two attached hydrogens (primary N) is 1. The van der Waals surface area contributed by atoms with E-state index in [4.69, 9.17) is 10.8 Å². The number of aliphatic carboxylic acids is 1. The molecule has 0 aliphatic heterocycles. The Labute approximate surface area is 109 Å². The summed E-state index contributed by atoms with van der Waals surface area (Å²) >= 11 is 0. The van der Waals surface area contributed by atoms with Crippen LogP contribution in [-0.2, 0) is 11.2 Å². The highest BCUT2D eigenvalue weighted by Crippen LogP contribution is 2.21. The van der Waals surface area contributed by atoms with Crippen molar-refractivity contribution in [3.8, 4) is 0 Å². The molecule has 1 aromatic rings. The SMILES string of the molecule is Cc1ccc(CCC(C)C(CCN)C(=O)O)cc1. The number of benzene rings is 1. The standard InChI is InChI=1S/C15H23NO2/c1-11-3-6-13(7-4-11)8-5-12(2)14(9-10-16)15(17)18/h3-4,6-7,12,14H,5,8-10,16H2,1-2H3,(H,17,18). The van der Waals surface area contributed by atoms with Crippen LogP contribution in [0.25, 0.3) is 0 Å². The Hall–Kier alpha value is -1.35. The van der Waals surface area contributed by atoms with Crippen LogP contribution in [0, 0.1) is 18.8 Å². The highest BCUT2D eigenvalue weighted by atomic mass is 16.4. The van der Waals surface area contributed by atoms with Crippen molar-refractivity contribution in [3.63, 3.8) is 0 Å². The zero-order chi connectivity index (χ0) is 13.5. The summed E-state index contributed by atoms with van der Waals surface area (Å²) in [5, 5.41) is 9.15. The first-order valence-electron chi connectivity index (χ1n) is 6.53. The second-order valence-corrected chi connectivity index (χ2v) is 5.02. The van der Waals surface area contributed by atoms with Crippen LogP contribution in [0.5, 0.6) is 0 Å². The van der Waals surface area contributed by atoms with Gasteiger partial charge in [0.05, 0.1) is 5.92 Å². The summed E-state index contributed by atoms with van der Waals surface area (Å²) in [4.78, 5) is 11.1. The first kappa shape index (κ1) is 14.7. The van der Waals surface area contributed by atoms with Crippen LogP contribution in [0.1, 0.15) is 30.9 Å². The number of carbonyl (C=O) groups is 1. The molecule has 0 saturated carbocycles. The van der Waals surface area contributed by atoms with Crippen LogP contribution in [0.4, 0.5) is 0 Å². The Morgan fingerprint density at radius 1 is 1.28 bits per heavy atom. The molecule has 3 nitrogen and oxygen atoms in total. The maximum atomic E-state index is 11.1. The third-order valence-electron chi connectivity index (χ3n) is 3.49. The van der Waals surface area contributed by atoms with E-state index >= 15 is 0 Å². The summed E-state index contributed by atoms with van der Waals surface area (Å²) in [6.45, 7) is 4.50. The van der Waals surface area contributed by atoms with Crippen molar-refractivity contribution in [2.75, 3.05) is 6.54 Å². The van der Waals surface area contributed by atoms with Crippen LogP contribution in [0.3, 0.4) is 0 Å². The first-order valence-corrected chi connectivity index (χ1v) is 6.53. The predicted octanol–water partition coefficient (Wildman–Crippen LogP) is 2.61. The zero-order valence-corrected chi connectivity index (χ0v) is 11.2. The number of aryl methyl sites for hydroxylation is 2. The van der Waals surface area contributed by atoms with Crippen molar-refractivity contribution < 1.29 is 9.90 Å². The molecule has 100 valence electrons. The summed E-state index contributed by atoms with van der Waals surface area (Å²) in [6.07, 6.45) is 2.38. The molecule has 0 fully saturated rings. The van der Waals surface area contributed by atoms with E-state index in [0.717, 1.165) is 12.8 Å². The Morgan fingerprint density at radius 2 is 1.89 bits per heavy atom.